The van der Waals surface area contributed by atoms with Gasteiger partial charge in [0.1, 0.15) is 0 Å². The smallest absolute Gasteiger partial charge is 0.174 e. The number of imidazole rings is 1. The minimum Gasteiger partial charge on any atom is -0.461 e. The van der Waals surface area contributed by atoms with Crippen molar-refractivity contribution < 1.29 is 4.42 Å². The Kier molecular flexibility index (Phi) is 3.20. The largest absolute Gasteiger partial charge is 0.461 e. The first-order valence-electron chi connectivity index (χ1n) is 9.36. The Balaban J connectivity index is 1.66. The predicted molar refractivity (Wildman–Crippen MR) is 112 cm³/mol. The van der Waals surface area contributed by atoms with Crippen molar-refractivity contribution >= 4 is 32.8 Å². The molecule has 3 aromatic carbocycles. The van der Waals surface area contributed by atoms with Crippen molar-refractivity contribution in [3.05, 3.63) is 90.7 Å². The molecule has 0 atom stereocenters. The van der Waals surface area contributed by atoms with Crippen molar-refractivity contribution in [2.45, 2.75) is 6.54 Å². The Morgan fingerprint density at radius 3 is 2.54 bits per heavy atom. The van der Waals surface area contributed by atoms with Gasteiger partial charge in [0.15, 0.2) is 11.6 Å². The molecule has 0 aliphatic heterocycles. The topological polar surface area (TPSA) is 46.8 Å². The molecule has 4 nitrogen and oxygen atoms in total. The maximum absolute atomic E-state index is 5.53. The summed E-state index contributed by atoms with van der Waals surface area (Å²) in [5, 5.41) is 2.40. The summed E-state index contributed by atoms with van der Waals surface area (Å²) in [5.41, 5.74) is 5.68. The summed E-state index contributed by atoms with van der Waals surface area (Å²) in [6.45, 7) is 0.825. The highest BCUT2D eigenvalue weighted by Crippen LogP contribution is 2.35. The van der Waals surface area contributed by atoms with Crippen LogP contribution >= 0.6 is 0 Å². The molecule has 0 bridgehead atoms. The molecule has 0 unspecified atom stereocenters. The minimum atomic E-state index is 0.748. The zero-order valence-electron chi connectivity index (χ0n) is 15.1. The fourth-order valence-electron chi connectivity index (χ4n) is 4.07. The molecule has 6 aromatic rings. The molecule has 0 aliphatic rings. The molecule has 3 heterocycles. The van der Waals surface area contributed by atoms with Gasteiger partial charge in [0.2, 0.25) is 0 Å². The van der Waals surface area contributed by atoms with E-state index >= 15 is 0 Å². The number of fused-ring (bicyclic) bond motifs is 5. The van der Waals surface area contributed by atoms with Gasteiger partial charge in [0, 0.05) is 22.8 Å². The molecule has 0 fully saturated rings. The lowest BCUT2D eigenvalue weighted by Crippen LogP contribution is -1.98. The number of aromatic amines is 1. The summed E-state index contributed by atoms with van der Waals surface area (Å²) in [6, 6.07) is 27.2. The van der Waals surface area contributed by atoms with Crippen LogP contribution in [0.5, 0.6) is 0 Å². The van der Waals surface area contributed by atoms with Crippen LogP contribution in [0.3, 0.4) is 0 Å². The van der Waals surface area contributed by atoms with E-state index in [1.165, 1.54) is 27.4 Å². The van der Waals surface area contributed by atoms with Crippen molar-refractivity contribution in [3.63, 3.8) is 0 Å². The average Bonchev–Trinajstić information content (AvgIpc) is 3.46. The lowest BCUT2D eigenvalue weighted by Gasteiger charge is -2.07. The Labute approximate surface area is 161 Å². The van der Waals surface area contributed by atoms with Gasteiger partial charge in [-0.25, -0.2) is 4.98 Å². The molecule has 3 aromatic heterocycles. The zero-order chi connectivity index (χ0) is 18.5. The minimum absolute atomic E-state index is 0.748. The number of hydrogen-bond donors (Lipinski definition) is 1. The number of rotatable bonds is 3. The number of nitrogens with zero attached hydrogens (tertiary/aromatic N) is 2. The molecular weight excluding hydrogens is 346 g/mol. The van der Waals surface area contributed by atoms with Gasteiger partial charge >= 0.3 is 0 Å². The van der Waals surface area contributed by atoms with Crippen LogP contribution in [-0.2, 0) is 6.54 Å². The first kappa shape index (κ1) is 15.3. The van der Waals surface area contributed by atoms with Crippen LogP contribution in [0, 0.1) is 0 Å². The Morgan fingerprint density at radius 1 is 0.821 bits per heavy atom. The zero-order valence-corrected chi connectivity index (χ0v) is 15.1. The van der Waals surface area contributed by atoms with Crippen LogP contribution in [0.1, 0.15) is 5.56 Å². The maximum atomic E-state index is 5.53. The van der Waals surface area contributed by atoms with E-state index in [9.17, 15) is 0 Å². The first-order chi connectivity index (χ1) is 13.9. The van der Waals surface area contributed by atoms with Crippen molar-refractivity contribution in [3.8, 4) is 11.6 Å². The molecule has 0 radical (unpaired) electrons. The highest BCUT2D eigenvalue weighted by Gasteiger charge is 2.17. The van der Waals surface area contributed by atoms with E-state index in [-0.39, 0.29) is 0 Å². The number of para-hydroxylation sites is 1. The molecule has 0 saturated carbocycles. The number of hydrogen-bond acceptors (Lipinski definition) is 2. The SMILES string of the molecule is c1ccc(Cn2c3ccccc3c3c4nc(-c5ccco5)[nH]c4ccc32)cc1. The quantitative estimate of drug-likeness (QED) is 0.420. The molecule has 134 valence electrons. The summed E-state index contributed by atoms with van der Waals surface area (Å²) in [5.74, 6) is 1.50. The highest BCUT2D eigenvalue weighted by atomic mass is 16.3. The summed E-state index contributed by atoms with van der Waals surface area (Å²) in [4.78, 5) is 8.29. The van der Waals surface area contributed by atoms with Gasteiger partial charge < -0.3 is 14.0 Å². The Hall–Kier alpha value is -3.79. The van der Waals surface area contributed by atoms with Crippen molar-refractivity contribution in [2.24, 2.45) is 0 Å². The van der Waals surface area contributed by atoms with E-state index in [0.29, 0.717) is 0 Å². The van der Waals surface area contributed by atoms with Crippen LogP contribution in [0.4, 0.5) is 0 Å². The molecule has 28 heavy (non-hydrogen) atoms. The van der Waals surface area contributed by atoms with Crippen molar-refractivity contribution in [2.75, 3.05) is 0 Å². The number of nitrogens with one attached hydrogen (secondary N) is 1. The number of benzene rings is 3. The molecule has 0 aliphatic carbocycles. The van der Waals surface area contributed by atoms with Crippen LogP contribution in [-0.4, -0.2) is 14.5 Å². The number of aromatic nitrogens is 3. The molecule has 6 rings (SSSR count). The van der Waals surface area contributed by atoms with Gasteiger partial charge in [-0.2, -0.15) is 0 Å². The van der Waals surface area contributed by atoms with Gasteiger partial charge in [0.25, 0.3) is 0 Å². The molecule has 1 N–H and O–H groups in total. The van der Waals surface area contributed by atoms with Crippen LogP contribution in [0.15, 0.2) is 89.5 Å². The number of furan rings is 1. The second-order valence-electron chi connectivity index (χ2n) is 7.01. The summed E-state index contributed by atoms with van der Waals surface area (Å²) >= 11 is 0. The predicted octanol–water partition coefficient (Wildman–Crippen LogP) is 5.98. The van der Waals surface area contributed by atoms with E-state index in [0.717, 1.165) is 29.2 Å². The summed E-state index contributed by atoms with van der Waals surface area (Å²) in [6.07, 6.45) is 1.67. The van der Waals surface area contributed by atoms with E-state index in [4.69, 9.17) is 9.40 Å². The van der Waals surface area contributed by atoms with Crippen LogP contribution in [0.2, 0.25) is 0 Å². The van der Waals surface area contributed by atoms with E-state index < -0.39 is 0 Å². The third kappa shape index (κ3) is 2.21. The maximum Gasteiger partial charge on any atom is 0.174 e. The van der Waals surface area contributed by atoms with E-state index in [1.54, 1.807) is 6.26 Å². The van der Waals surface area contributed by atoms with Crippen molar-refractivity contribution in [1.82, 2.24) is 14.5 Å². The van der Waals surface area contributed by atoms with Gasteiger partial charge in [-0.05, 0) is 35.9 Å². The molecular formula is C24H17N3O. The lowest BCUT2D eigenvalue weighted by molar-refractivity contribution is 0.578. The van der Waals surface area contributed by atoms with Crippen LogP contribution in [0.25, 0.3) is 44.4 Å². The molecule has 4 heteroatoms. The third-order valence-electron chi connectivity index (χ3n) is 5.33. The standard InChI is InChI=1S/C24H17N3O/c1-2-7-16(8-3-1)15-27-19-10-5-4-9-17(19)22-20(27)13-12-18-23(22)26-24(25-18)21-11-6-14-28-21/h1-14H,15H2,(H,25,26). The van der Waals surface area contributed by atoms with E-state index in [2.05, 4.69) is 76.3 Å². The van der Waals surface area contributed by atoms with E-state index in [1.807, 2.05) is 12.1 Å². The Morgan fingerprint density at radius 2 is 1.68 bits per heavy atom. The highest BCUT2D eigenvalue weighted by molar-refractivity contribution is 6.19. The Bertz CT molecular complexity index is 1420. The normalized spacial score (nSPS) is 11.7. The fourth-order valence-corrected chi connectivity index (χ4v) is 4.07. The molecule has 0 amide bonds. The van der Waals surface area contributed by atoms with Crippen molar-refractivity contribution in [1.29, 1.82) is 0 Å². The molecule has 0 saturated heterocycles. The third-order valence-corrected chi connectivity index (χ3v) is 5.33. The second kappa shape index (κ2) is 5.86. The van der Waals surface area contributed by atoms with Gasteiger partial charge in [-0.3, -0.25) is 0 Å². The summed E-state index contributed by atoms with van der Waals surface area (Å²) in [7, 11) is 0. The average molecular weight is 363 g/mol. The summed E-state index contributed by atoms with van der Waals surface area (Å²) < 4.78 is 7.91. The van der Waals surface area contributed by atoms with Crippen LogP contribution < -0.4 is 0 Å². The fraction of sp³-hybridized carbons (Fsp3) is 0.0417. The molecule has 0 spiro atoms. The number of H-pyrrole nitrogens is 1. The van der Waals surface area contributed by atoms with Gasteiger partial charge in [0.05, 0.1) is 22.8 Å². The van der Waals surface area contributed by atoms with Gasteiger partial charge in [-0.1, -0.05) is 48.5 Å². The van der Waals surface area contributed by atoms with Gasteiger partial charge in [-0.15, -0.1) is 0 Å². The monoisotopic (exact) mass is 363 g/mol. The lowest BCUT2D eigenvalue weighted by atomic mass is 10.1. The first-order valence-corrected chi connectivity index (χ1v) is 9.36. The second-order valence-corrected chi connectivity index (χ2v) is 7.01.